The Kier molecular flexibility index (Phi) is 4.52. The Labute approximate surface area is 157 Å². The summed E-state index contributed by atoms with van der Waals surface area (Å²) in [6, 6.07) is 8.45. The fourth-order valence-corrected chi connectivity index (χ4v) is 5.10. The lowest BCUT2D eigenvalue weighted by atomic mass is 10.1. The van der Waals surface area contributed by atoms with Gasteiger partial charge >= 0.3 is 0 Å². The average molecular weight is 387 g/mol. The topological polar surface area (TPSA) is 120 Å². The van der Waals surface area contributed by atoms with Gasteiger partial charge in [0.25, 0.3) is 0 Å². The summed E-state index contributed by atoms with van der Waals surface area (Å²) in [6.45, 7) is 0.272. The van der Waals surface area contributed by atoms with Crippen LogP contribution in [0.5, 0.6) is 0 Å². The number of aromatic nitrogens is 2. The summed E-state index contributed by atoms with van der Waals surface area (Å²) in [6.07, 6.45) is 5.86. The average Bonchev–Trinajstić information content (AvgIpc) is 3.10. The summed E-state index contributed by atoms with van der Waals surface area (Å²) >= 11 is 0. The molecule has 3 atom stereocenters. The smallest absolute Gasteiger partial charge is 0.182 e. The zero-order valence-corrected chi connectivity index (χ0v) is 15.4. The Bertz CT molecular complexity index is 946. The predicted octanol–water partition coefficient (Wildman–Crippen LogP) is 0.341. The third kappa shape index (κ3) is 3.49. The first-order valence-corrected chi connectivity index (χ1v) is 10.4. The highest BCUT2D eigenvalue weighted by Crippen LogP contribution is 2.35. The summed E-state index contributed by atoms with van der Waals surface area (Å²) in [5, 5.41) is 24.8. The number of sulfone groups is 1. The first-order chi connectivity index (χ1) is 12.9. The molecule has 1 aromatic heterocycles. The largest absolute Gasteiger partial charge is 0.377 e. The van der Waals surface area contributed by atoms with E-state index in [1.54, 1.807) is 47.6 Å². The molecule has 1 aliphatic heterocycles. The number of hydrogen-bond donors (Lipinski definition) is 3. The number of nitrogens with one attached hydrogen (secondary N) is 2. The number of imidazole rings is 1. The molecule has 3 unspecified atom stereocenters. The molecule has 2 fully saturated rings. The quantitative estimate of drug-likeness (QED) is 0.611. The van der Waals surface area contributed by atoms with Gasteiger partial charge in [0.15, 0.2) is 9.84 Å². The van der Waals surface area contributed by atoms with Crippen LogP contribution in [-0.2, 0) is 9.84 Å². The minimum absolute atomic E-state index is 0.261. The van der Waals surface area contributed by atoms with E-state index in [1.807, 2.05) is 0 Å². The van der Waals surface area contributed by atoms with Crippen molar-refractivity contribution in [2.24, 2.45) is 0 Å². The molecule has 142 valence electrons. The van der Waals surface area contributed by atoms with Crippen LogP contribution in [-0.4, -0.2) is 52.7 Å². The highest BCUT2D eigenvalue weighted by Gasteiger charge is 2.47. The molecule has 27 heavy (non-hydrogen) atoms. The third-order valence-electron chi connectivity index (χ3n) is 5.30. The summed E-state index contributed by atoms with van der Waals surface area (Å²) in [7, 11) is -3.52. The molecule has 2 heterocycles. The monoisotopic (exact) mass is 387 g/mol. The standard InChI is InChI=1S/C18H21N5O3S/c19-11-18(5-6-18)22-17(24)16-9-15(10-21-16)27(25,26)14-3-1-13(2-4-14)23-8-7-20-12-23/h1-4,7-8,12,15-17,21-22,24H,5-6,9-10H2. The number of benzene rings is 1. The molecule has 1 saturated carbocycles. The second kappa shape index (κ2) is 6.73. The van der Waals surface area contributed by atoms with E-state index in [1.165, 1.54) is 0 Å². The van der Waals surface area contributed by atoms with E-state index in [4.69, 9.17) is 5.26 Å². The summed E-state index contributed by atoms with van der Waals surface area (Å²) in [4.78, 5) is 4.24. The maximum absolute atomic E-state index is 12.9. The zero-order chi connectivity index (χ0) is 19.1. The van der Waals surface area contributed by atoms with Gasteiger partial charge < -0.3 is 15.0 Å². The van der Waals surface area contributed by atoms with Gasteiger partial charge in [0, 0.05) is 30.7 Å². The van der Waals surface area contributed by atoms with Crippen LogP contribution in [0.1, 0.15) is 19.3 Å². The molecule has 0 bridgehead atoms. The van der Waals surface area contributed by atoms with Gasteiger partial charge in [-0.25, -0.2) is 13.4 Å². The molecule has 0 radical (unpaired) electrons. The van der Waals surface area contributed by atoms with Crippen LogP contribution in [0.15, 0.2) is 47.9 Å². The fourth-order valence-electron chi connectivity index (χ4n) is 3.42. The van der Waals surface area contributed by atoms with Crippen LogP contribution in [0.3, 0.4) is 0 Å². The minimum Gasteiger partial charge on any atom is -0.377 e. The maximum Gasteiger partial charge on any atom is 0.182 e. The van der Waals surface area contributed by atoms with Gasteiger partial charge in [-0.2, -0.15) is 5.26 Å². The minimum atomic E-state index is -3.52. The van der Waals surface area contributed by atoms with E-state index in [9.17, 15) is 13.5 Å². The van der Waals surface area contributed by atoms with Gasteiger partial charge in [-0.3, -0.25) is 5.32 Å². The van der Waals surface area contributed by atoms with Crippen LogP contribution in [0.2, 0.25) is 0 Å². The Morgan fingerprint density at radius 3 is 2.70 bits per heavy atom. The van der Waals surface area contributed by atoms with Crippen molar-refractivity contribution in [1.82, 2.24) is 20.2 Å². The van der Waals surface area contributed by atoms with Gasteiger partial charge in [0.1, 0.15) is 11.8 Å². The normalized spacial score (nSPS) is 25.0. The van der Waals surface area contributed by atoms with Crippen LogP contribution < -0.4 is 10.6 Å². The van der Waals surface area contributed by atoms with Crippen LogP contribution >= 0.6 is 0 Å². The van der Waals surface area contributed by atoms with Gasteiger partial charge in [-0.05, 0) is 43.5 Å². The summed E-state index contributed by atoms with van der Waals surface area (Å²) in [5.74, 6) is 0. The number of nitrogens with zero attached hydrogens (tertiary/aromatic N) is 3. The van der Waals surface area contributed by atoms with Crippen LogP contribution in [0.4, 0.5) is 0 Å². The predicted molar refractivity (Wildman–Crippen MR) is 97.7 cm³/mol. The second-order valence-electron chi connectivity index (χ2n) is 7.16. The lowest BCUT2D eigenvalue weighted by Crippen LogP contribution is -2.49. The number of aliphatic hydroxyl groups is 1. The molecule has 2 aromatic rings. The molecule has 0 amide bonds. The van der Waals surface area contributed by atoms with Gasteiger partial charge in [-0.1, -0.05) is 0 Å². The van der Waals surface area contributed by atoms with Gasteiger partial charge in [0.2, 0.25) is 0 Å². The molecule has 4 rings (SSSR count). The molecule has 0 spiro atoms. The Balaban J connectivity index is 1.44. The SMILES string of the molecule is N#CC1(NC(O)C2CC(S(=O)(=O)c3ccc(-n4ccnc4)cc3)CN2)CC1. The molecule has 1 aromatic carbocycles. The molecule has 2 aliphatic rings. The maximum atomic E-state index is 12.9. The first-order valence-electron chi connectivity index (χ1n) is 8.86. The Morgan fingerprint density at radius 2 is 2.11 bits per heavy atom. The molecule has 8 nitrogen and oxygen atoms in total. The second-order valence-corrected chi connectivity index (χ2v) is 9.39. The lowest BCUT2D eigenvalue weighted by molar-refractivity contribution is 0.0915. The summed E-state index contributed by atoms with van der Waals surface area (Å²) < 4.78 is 27.7. The van der Waals surface area contributed by atoms with Crippen molar-refractivity contribution in [3.05, 3.63) is 43.0 Å². The highest BCUT2D eigenvalue weighted by molar-refractivity contribution is 7.92. The molecule has 9 heteroatoms. The van der Waals surface area contributed by atoms with E-state index in [2.05, 4.69) is 21.7 Å². The van der Waals surface area contributed by atoms with Crippen molar-refractivity contribution >= 4 is 9.84 Å². The van der Waals surface area contributed by atoms with Gasteiger partial charge in [-0.15, -0.1) is 0 Å². The van der Waals surface area contributed by atoms with E-state index in [0.29, 0.717) is 19.3 Å². The molecular weight excluding hydrogens is 366 g/mol. The van der Waals surface area contributed by atoms with Crippen molar-refractivity contribution in [3.63, 3.8) is 0 Å². The fraction of sp³-hybridized carbons (Fsp3) is 0.444. The summed E-state index contributed by atoms with van der Waals surface area (Å²) in [5.41, 5.74) is 0.182. The third-order valence-corrected chi connectivity index (χ3v) is 7.47. The molecule has 3 N–H and O–H groups in total. The highest BCUT2D eigenvalue weighted by atomic mass is 32.2. The van der Waals surface area contributed by atoms with Gasteiger partial charge in [0.05, 0.1) is 22.5 Å². The number of rotatable bonds is 6. The van der Waals surface area contributed by atoms with Crippen molar-refractivity contribution in [2.45, 2.75) is 47.2 Å². The van der Waals surface area contributed by atoms with Crippen molar-refractivity contribution in [3.8, 4) is 11.8 Å². The van der Waals surface area contributed by atoms with Crippen molar-refractivity contribution < 1.29 is 13.5 Å². The van der Waals surface area contributed by atoms with E-state index in [-0.39, 0.29) is 11.4 Å². The van der Waals surface area contributed by atoms with E-state index < -0.39 is 32.9 Å². The van der Waals surface area contributed by atoms with Crippen LogP contribution in [0.25, 0.3) is 5.69 Å². The number of hydrogen-bond acceptors (Lipinski definition) is 7. The van der Waals surface area contributed by atoms with E-state index in [0.717, 1.165) is 5.69 Å². The zero-order valence-electron chi connectivity index (χ0n) is 14.6. The van der Waals surface area contributed by atoms with Crippen molar-refractivity contribution in [2.75, 3.05) is 6.54 Å². The Hall–Kier alpha value is -2.25. The van der Waals surface area contributed by atoms with Crippen LogP contribution in [0, 0.1) is 11.3 Å². The Morgan fingerprint density at radius 1 is 1.37 bits per heavy atom. The first kappa shape index (κ1) is 18.1. The molecular formula is C18H21N5O3S. The lowest BCUT2D eigenvalue weighted by Gasteiger charge is -2.22. The van der Waals surface area contributed by atoms with Crippen molar-refractivity contribution in [1.29, 1.82) is 5.26 Å². The number of aliphatic hydroxyl groups excluding tert-OH is 1. The molecule has 1 saturated heterocycles. The molecule has 1 aliphatic carbocycles. The number of nitriles is 1. The van der Waals surface area contributed by atoms with E-state index >= 15 is 0 Å².